The summed E-state index contributed by atoms with van der Waals surface area (Å²) < 4.78 is 0. The van der Waals surface area contributed by atoms with E-state index in [2.05, 4.69) is 17.3 Å². The van der Waals surface area contributed by atoms with E-state index in [0.717, 1.165) is 29.7 Å². The highest BCUT2D eigenvalue weighted by molar-refractivity contribution is 6.13. The van der Waals surface area contributed by atoms with Crippen LogP contribution in [-0.2, 0) is 9.63 Å². The SMILES string of the molecule is CC1=CC(=O)[C@H]2[C@H](/C1=N/OC(=O)c1ccc(C)cc1)[C@H]1C=C[C@H]2CC1. The second-order valence-corrected chi connectivity index (χ2v) is 7.29. The summed E-state index contributed by atoms with van der Waals surface area (Å²) in [6, 6.07) is 7.21. The lowest BCUT2D eigenvalue weighted by atomic mass is 9.57. The van der Waals surface area contributed by atoms with Crippen LogP contribution in [0.3, 0.4) is 0 Å². The Morgan fingerprint density at radius 3 is 2.32 bits per heavy atom. The third-order valence-corrected chi connectivity index (χ3v) is 5.67. The third kappa shape index (κ3) is 2.76. The van der Waals surface area contributed by atoms with Crippen molar-refractivity contribution < 1.29 is 14.4 Å². The summed E-state index contributed by atoms with van der Waals surface area (Å²) >= 11 is 0. The molecule has 1 fully saturated rings. The third-order valence-electron chi connectivity index (χ3n) is 5.67. The van der Waals surface area contributed by atoms with Crippen LogP contribution in [0.4, 0.5) is 0 Å². The largest absolute Gasteiger partial charge is 0.365 e. The Labute approximate surface area is 147 Å². The second-order valence-electron chi connectivity index (χ2n) is 7.29. The first-order valence-corrected chi connectivity index (χ1v) is 8.81. The van der Waals surface area contributed by atoms with E-state index in [1.54, 1.807) is 18.2 Å². The molecule has 5 rings (SSSR count). The fraction of sp³-hybridized carbons (Fsp3) is 0.381. The summed E-state index contributed by atoms with van der Waals surface area (Å²) in [6.45, 7) is 3.84. The molecule has 0 N–H and O–H groups in total. The first-order valence-electron chi connectivity index (χ1n) is 8.81. The Hall–Kier alpha value is -2.49. The molecule has 0 saturated heterocycles. The number of carbonyl (C=O) groups excluding carboxylic acids is 2. The molecule has 1 saturated carbocycles. The fourth-order valence-corrected chi connectivity index (χ4v) is 4.37. The Bertz CT molecular complexity index is 816. The summed E-state index contributed by atoms with van der Waals surface area (Å²) in [5.74, 6) is 0.288. The highest BCUT2D eigenvalue weighted by Gasteiger charge is 2.48. The number of allylic oxidation sites excluding steroid dienone is 4. The van der Waals surface area contributed by atoms with Gasteiger partial charge >= 0.3 is 5.97 Å². The number of hydrogen-bond donors (Lipinski definition) is 0. The normalized spacial score (nSPS) is 31.7. The molecule has 0 unspecified atom stereocenters. The molecule has 4 aliphatic carbocycles. The topological polar surface area (TPSA) is 55.7 Å². The van der Waals surface area contributed by atoms with Crippen molar-refractivity contribution in [2.45, 2.75) is 26.7 Å². The Balaban J connectivity index is 1.62. The van der Waals surface area contributed by atoms with Crippen molar-refractivity contribution in [1.29, 1.82) is 0 Å². The van der Waals surface area contributed by atoms with E-state index in [-0.39, 0.29) is 23.5 Å². The van der Waals surface area contributed by atoms with Crippen LogP contribution in [0.2, 0.25) is 0 Å². The number of fused-ring (bicyclic) bond motifs is 1. The Morgan fingerprint density at radius 1 is 1.04 bits per heavy atom. The van der Waals surface area contributed by atoms with Crippen LogP contribution in [0.1, 0.15) is 35.7 Å². The minimum absolute atomic E-state index is 0.0343. The van der Waals surface area contributed by atoms with E-state index in [9.17, 15) is 9.59 Å². The van der Waals surface area contributed by atoms with Gasteiger partial charge in [-0.05, 0) is 62.3 Å². The maximum absolute atomic E-state index is 12.5. The van der Waals surface area contributed by atoms with Crippen LogP contribution in [0, 0.1) is 30.6 Å². The average Bonchev–Trinajstić information content (AvgIpc) is 2.62. The van der Waals surface area contributed by atoms with Crippen molar-refractivity contribution in [2.24, 2.45) is 28.8 Å². The lowest BCUT2D eigenvalue weighted by Crippen LogP contribution is -2.47. The van der Waals surface area contributed by atoms with E-state index in [0.29, 0.717) is 11.5 Å². The molecular weight excluding hydrogens is 314 g/mol. The van der Waals surface area contributed by atoms with Gasteiger partial charge in [0.15, 0.2) is 5.78 Å². The zero-order chi connectivity index (χ0) is 17.6. The standard InChI is InChI=1S/C21H21NO3/c1-12-3-5-16(6-4-12)21(24)25-22-20-13(2)11-17(23)18-14-7-9-15(10-8-14)19(18)20/h3-7,9,11,14-15,18-19H,8,10H2,1-2H3/b22-20+/t14-,15-,18-,19+/m0/s1. The van der Waals surface area contributed by atoms with Crippen LogP contribution in [0.15, 0.2) is 53.2 Å². The molecular formula is C21H21NO3. The van der Waals surface area contributed by atoms with E-state index in [1.807, 2.05) is 26.0 Å². The lowest BCUT2D eigenvalue weighted by Gasteiger charge is -2.46. The molecule has 0 heterocycles. The van der Waals surface area contributed by atoms with Gasteiger partial charge in [0.05, 0.1) is 11.3 Å². The summed E-state index contributed by atoms with van der Waals surface area (Å²) in [5, 5.41) is 4.21. The average molecular weight is 335 g/mol. The molecule has 4 heteroatoms. The number of ketones is 1. The van der Waals surface area contributed by atoms with Gasteiger partial charge in [-0.1, -0.05) is 35.0 Å². The van der Waals surface area contributed by atoms with Crippen molar-refractivity contribution in [3.05, 3.63) is 59.2 Å². The van der Waals surface area contributed by atoms with Crippen LogP contribution < -0.4 is 0 Å². The smallest absolute Gasteiger partial charge is 0.313 e. The van der Waals surface area contributed by atoms with Gasteiger partial charge in [-0.25, -0.2) is 4.79 Å². The molecule has 0 spiro atoms. The molecule has 4 atom stereocenters. The number of rotatable bonds is 2. The first kappa shape index (κ1) is 16.0. The molecule has 4 aliphatic rings. The van der Waals surface area contributed by atoms with Crippen molar-refractivity contribution >= 4 is 17.5 Å². The fourth-order valence-electron chi connectivity index (χ4n) is 4.37. The van der Waals surface area contributed by atoms with Gasteiger partial charge in [-0.3, -0.25) is 4.79 Å². The highest BCUT2D eigenvalue weighted by atomic mass is 16.7. The Morgan fingerprint density at radius 2 is 1.68 bits per heavy atom. The van der Waals surface area contributed by atoms with Crippen LogP contribution in [-0.4, -0.2) is 17.5 Å². The molecule has 1 aromatic carbocycles. The molecule has 128 valence electrons. The maximum Gasteiger partial charge on any atom is 0.365 e. The quantitative estimate of drug-likeness (QED) is 0.468. The van der Waals surface area contributed by atoms with Gasteiger partial charge in [0.25, 0.3) is 0 Å². The molecule has 0 aromatic heterocycles. The van der Waals surface area contributed by atoms with Crippen molar-refractivity contribution in [3.63, 3.8) is 0 Å². The molecule has 1 aromatic rings. The summed E-state index contributed by atoms with van der Waals surface area (Å²) in [5.41, 5.74) is 3.12. The van der Waals surface area contributed by atoms with Crippen LogP contribution in [0.25, 0.3) is 0 Å². The predicted molar refractivity (Wildman–Crippen MR) is 95.1 cm³/mol. The molecule has 4 nitrogen and oxygen atoms in total. The van der Waals surface area contributed by atoms with Gasteiger partial charge in [0.2, 0.25) is 0 Å². The van der Waals surface area contributed by atoms with Gasteiger partial charge in [-0.2, -0.15) is 0 Å². The van der Waals surface area contributed by atoms with E-state index < -0.39 is 5.97 Å². The summed E-state index contributed by atoms with van der Waals surface area (Å²) in [6.07, 6.45) is 8.16. The summed E-state index contributed by atoms with van der Waals surface area (Å²) in [4.78, 5) is 30.0. The zero-order valence-electron chi connectivity index (χ0n) is 14.4. The Kier molecular flexibility index (Phi) is 3.91. The molecule has 0 amide bonds. The second kappa shape index (κ2) is 6.10. The van der Waals surface area contributed by atoms with E-state index in [4.69, 9.17) is 4.84 Å². The van der Waals surface area contributed by atoms with Gasteiger partial charge < -0.3 is 4.84 Å². The van der Waals surface area contributed by atoms with Crippen molar-refractivity contribution in [2.75, 3.05) is 0 Å². The van der Waals surface area contributed by atoms with Crippen LogP contribution in [0.5, 0.6) is 0 Å². The highest BCUT2D eigenvalue weighted by Crippen LogP contribution is 2.48. The lowest BCUT2D eigenvalue weighted by molar-refractivity contribution is -0.122. The van der Waals surface area contributed by atoms with Gasteiger partial charge in [0.1, 0.15) is 0 Å². The number of carbonyl (C=O) groups is 2. The molecule has 0 aliphatic heterocycles. The van der Waals surface area contributed by atoms with Gasteiger partial charge in [-0.15, -0.1) is 0 Å². The maximum atomic E-state index is 12.5. The molecule has 0 radical (unpaired) electrons. The van der Waals surface area contributed by atoms with Crippen molar-refractivity contribution in [3.8, 4) is 0 Å². The predicted octanol–water partition coefficient (Wildman–Crippen LogP) is 3.87. The van der Waals surface area contributed by atoms with Crippen LogP contribution >= 0.6 is 0 Å². The monoisotopic (exact) mass is 335 g/mol. The van der Waals surface area contributed by atoms with Gasteiger partial charge in [0, 0.05) is 11.8 Å². The summed E-state index contributed by atoms with van der Waals surface area (Å²) in [7, 11) is 0. The molecule has 25 heavy (non-hydrogen) atoms. The zero-order valence-corrected chi connectivity index (χ0v) is 14.4. The van der Waals surface area contributed by atoms with Crippen molar-refractivity contribution in [1.82, 2.24) is 0 Å². The number of aryl methyl sites for hydroxylation is 1. The number of hydrogen-bond acceptors (Lipinski definition) is 4. The number of benzene rings is 1. The minimum atomic E-state index is -0.467. The first-order chi connectivity index (χ1) is 12.0. The van der Waals surface area contributed by atoms with E-state index in [1.165, 1.54) is 0 Å². The van der Waals surface area contributed by atoms with E-state index >= 15 is 0 Å². The minimum Gasteiger partial charge on any atom is -0.313 e. The molecule has 2 bridgehead atoms. The number of nitrogens with zero attached hydrogens (tertiary/aromatic N) is 1. The number of oxime groups is 1.